The van der Waals surface area contributed by atoms with Gasteiger partial charge in [-0.15, -0.1) is 0 Å². The van der Waals surface area contributed by atoms with Crippen molar-refractivity contribution in [3.05, 3.63) is 27.5 Å². The molecule has 2 N–H and O–H groups in total. The number of aromatic nitrogens is 1. The van der Waals surface area contributed by atoms with Crippen LogP contribution < -0.4 is 5.32 Å². The highest BCUT2D eigenvalue weighted by Crippen LogP contribution is 2.35. The molecule has 0 aliphatic heterocycles. The van der Waals surface area contributed by atoms with Crippen molar-refractivity contribution < 1.29 is 9.90 Å². The van der Waals surface area contributed by atoms with Gasteiger partial charge in [0, 0.05) is 10.7 Å². The second-order valence-electron chi connectivity index (χ2n) is 3.88. The number of nitrogens with zero attached hydrogens (tertiary/aromatic N) is 1. The molecule has 1 fully saturated rings. The predicted molar refractivity (Wildman–Crippen MR) is 63.5 cm³/mol. The van der Waals surface area contributed by atoms with Crippen LogP contribution in [0.15, 0.2) is 16.7 Å². The fourth-order valence-corrected chi connectivity index (χ4v) is 1.88. The van der Waals surface area contributed by atoms with E-state index in [1.165, 1.54) is 6.20 Å². The largest absolute Gasteiger partial charge is 0.394 e. The Morgan fingerprint density at radius 1 is 1.69 bits per heavy atom. The second-order valence-corrected chi connectivity index (χ2v) is 5.16. The Bertz CT molecular complexity index is 435. The van der Waals surface area contributed by atoms with Gasteiger partial charge in [-0.1, -0.05) is 11.6 Å². The van der Waals surface area contributed by atoms with Crippen LogP contribution in [-0.4, -0.2) is 28.1 Å². The molecule has 0 saturated heterocycles. The maximum Gasteiger partial charge on any atom is 0.254 e. The lowest BCUT2D eigenvalue weighted by Crippen LogP contribution is -2.39. The van der Waals surface area contributed by atoms with E-state index >= 15 is 0 Å². The number of pyridine rings is 1. The number of halogens is 2. The third-order valence-corrected chi connectivity index (χ3v) is 3.32. The van der Waals surface area contributed by atoms with Crippen molar-refractivity contribution >= 4 is 33.4 Å². The van der Waals surface area contributed by atoms with Crippen molar-refractivity contribution in [2.45, 2.75) is 18.4 Å². The molecular weight excluding hydrogens is 295 g/mol. The maximum atomic E-state index is 11.9. The molecule has 0 radical (unpaired) electrons. The minimum atomic E-state index is -0.442. The average molecular weight is 306 g/mol. The normalized spacial score (nSPS) is 16.9. The van der Waals surface area contributed by atoms with Crippen LogP contribution in [0.2, 0.25) is 5.15 Å². The zero-order chi connectivity index (χ0) is 11.8. The van der Waals surface area contributed by atoms with Crippen molar-refractivity contribution in [3.63, 3.8) is 0 Å². The number of aliphatic hydroxyl groups is 1. The van der Waals surface area contributed by atoms with E-state index in [1.54, 1.807) is 6.07 Å². The van der Waals surface area contributed by atoms with Crippen LogP contribution >= 0.6 is 27.5 Å². The Kier molecular flexibility index (Phi) is 3.19. The van der Waals surface area contributed by atoms with Crippen LogP contribution in [0.4, 0.5) is 0 Å². The second kappa shape index (κ2) is 4.31. The molecule has 0 unspecified atom stereocenters. The van der Waals surface area contributed by atoms with E-state index in [0.29, 0.717) is 10.0 Å². The zero-order valence-electron chi connectivity index (χ0n) is 8.33. The Hall–Kier alpha value is -0.650. The molecule has 1 aromatic rings. The van der Waals surface area contributed by atoms with Crippen molar-refractivity contribution in [3.8, 4) is 0 Å². The number of carbonyl (C=O) groups excluding carboxylic acids is 1. The average Bonchev–Trinajstić information content (AvgIpc) is 3.02. The van der Waals surface area contributed by atoms with Crippen LogP contribution in [0.1, 0.15) is 23.2 Å². The van der Waals surface area contributed by atoms with Crippen LogP contribution in [0.25, 0.3) is 0 Å². The zero-order valence-corrected chi connectivity index (χ0v) is 10.7. The van der Waals surface area contributed by atoms with Crippen LogP contribution in [0, 0.1) is 0 Å². The number of hydrogen-bond acceptors (Lipinski definition) is 3. The highest BCUT2D eigenvalue weighted by atomic mass is 79.9. The highest BCUT2D eigenvalue weighted by molar-refractivity contribution is 9.10. The van der Waals surface area contributed by atoms with Crippen LogP contribution in [-0.2, 0) is 0 Å². The first-order valence-corrected chi connectivity index (χ1v) is 5.98. The van der Waals surface area contributed by atoms with Gasteiger partial charge in [0.05, 0.1) is 17.7 Å². The first kappa shape index (κ1) is 11.8. The molecule has 4 nitrogen and oxygen atoms in total. The molecule has 6 heteroatoms. The molecule has 1 amide bonds. The molecule has 2 rings (SSSR count). The van der Waals surface area contributed by atoms with Gasteiger partial charge in [0.25, 0.3) is 5.91 Å². The topological polar surface area (TPSA) is 62.2 Å². The van der Waals surface area contributed by atoms with E-state index in [0.717, 1.165) is 12.8 Å². The fraction of sp³-hybridized carbons (Fsp3) is 0.400. The number of hydrogen-bond donors (Lipinski definition) is 2. The summed E-state index contributed by atoms with van der Waals surface area (Å²) in [7, 11) is 0. The molecular formula is C10H10BrClN2O2. The molecule has 0 atom stereocenters. The van der Waals surface area contributed by atoms with Crippen molar-refractivity contribution in [1.29, 1.82) is 0 Å². The molecule has 1 heterocycles. The van der Waals surface area contributed by atoms with Gasteiger partial charge >= 0.3 is 0 Å². The summed E-state index contributed by atoms with van der Waals surface area (Å²) in [5, 5.41) is 12.0. The Balaban J connectivity index is 2.17. The molecule has 1 saturated carbocycles. The summed E-state index contributed by atoms with van der Waals surface area (Å²) in [5.74, 6) is -0.301. The van der Waals surface area contributed by atoms with Gasteiger partial charge in [-0.25, -0.2) is 4.98 Å². The van der Waals surface area contributed by atoms with Gasteiger partial charge in [0.1, 0.15) is 5.15 Å². The molecule has 0 spiro atoms. The number of nitrogens with one attached hydrogen (secondary N) is 1. The first-order chi connectivity index (χ1) is 7.56. The quantitative estimate of drug-likeness (QED) is 0.836. The summed E-state index contributed by atoms with van der Waals surface area (Å²) in [6.45, 7) is -0.0439. The summed E-state index contributed by atoms with van der Waals surface area (Å²) >= 11 is 9.05. The number of rotatable bonds is 3. The summed E-state index contributed by atoms with van der Waals surface area (Å²) in [6, 6.07) is 1.61. The van der Waals surface area contributed by atoms with Crippen LogP contribution in [0.5, 0.6) is 0 Å². The lowest BCUT2D eigenvalue weighted by atomic mass is 10.2. The van der Waals surface area contributed by atoms with E-state index in [4.69, 9.17) is 16.7 Å². The van der Waals surface area contributed by atoms with Gasteiger partial charge in [-0.05, 0) is 34.8 Å². The van der Waals surface area contributed by atoms with E-state index in [9.17, 15) is 4.79 Å². The fourth-order valence-electron chi connectivity index (χ4n) is 1.36. The number of aliphatic hydroxyl groups excluding tert-OH is 1. The minimum Gasteiger partial charge on any atom is -0.394 e. The van der Waals surface area contributed by atoms with Gasteiger partial charge < -0.3 is 10.4 Å². The Morgan fingerprint density at radius 3 is 2.94 bits per heavy atom. The third-order valence-electron chi connectivity index (χ3n) is 2.59. The lowest BCUT2D eigenvalue weighted by molar-refractivity contribution is 0.0906. The van der Waals surface area contributed by atoms with Crippen LogP contribution in [0.3, 0.4) is 0 Å². The summed E-state index contributed by atoms with van der Waals surface area (Å²) < 4.78 is 0.691. The van der Waals surface area contributed by atoms with Crippen molar-refractivity contribution in [2.24, 2.45) is 0 Å². The van der Waals surface area contributed by atoms with Gasteiger partial charge in [0.2, 0.25) is 0 Å². The standard InChI is InChI=1S/C10H10BrClN2O2/c11-6-3-7(8(12)13-4-6)9(16)14-10(5-15)1-2-10/h3-4,15H,1-2,5H2,(H,14,16). The SMILES string of the molecule is O=C(NC1(CO)CC1)c1cc(Br)cnc1Cl. The molecule has 16 heavy (non-hydrogen) atoms. The third kappa shape index (κ3) is 2.36. The van der Waals surface area contributed by atoms with Gasteiger partial charge in [-0.2, -0.15) is 0 Å². The number of amides is 1. The minimum absolute atomic E-state index is 0.0439. The van der Waals surface area contributed by atoms with E-state index in [-0.39, 0.29) is 17.7 Å². The molecule has 1 aliphatic rings. The smallest absolute Gasteiger partial charge is 0.254 e. The number of carbonyl (C=O) groups is 1. The lowest BCUT2D eigenvalue weighted by Gasteiger charge is -2.14. The molecule has 1 aromatic heterocycles. The summed E-state index contributed by atoms with van der Waals surface area (Å²) in [4.78, 5) is 15.7. The van der Waals surface area contributed by atoms with E-state index < -0.39 is 5.54 Å². The van der Waals surface area contributed by atoms with E-state index in [1.807, 2.05) is 0 Å². The summed E-state index contributed by atoms with van der Waals surface area (Å²) in [5.41, 5.74) is -0.126. The Labute approximate surface area is 106 Å². The summed E-state index contributed by atoms with van der Waals surface area (Å²) in [6.07, 6.45) is 3.13. The predicted octanol–water partition coefficient (Wildman–Crippen LogP) is 1.75. The first-order valence-electron chi connectivity index (χ1n) is 4.81. The van der Waals surface area contributed by atoms with Crippen molar-refractivity contribution in [1.82, 2.24) is 10.3 Å². The highest BCUT2D eigenvalue weighted by Gasteiger charge is 2.43. The van der Waals surface area contributed by atoms with E-state index in [2.05, 4.69) is 26.2 Å². The monoisotopic (exact) mass is 304 g/mol. The Morgan fingerprint density at radius 2 is 2.38 bits per heavy atom. The van der Waals surface area contributed by atoms with Gasteiger partial charge in [-0.3, -0.25) is 4.79 Å². The molecule has 86 valence electrons. The molecule has 1 aliphatic carbocycles. The molecule has 0 aromatic carbocycles. The van der Waals surface area contributed by atoms with Crippen molar-refractivity contribution in [2.75, 3.05) is 6.61 Å². The molecule has 0 bridgehead atoms. The maximum absolute atomic E-state index is 11.9. The van der Waals surface area contributed by atoms with Gasteiger partial charge in [0.15, 0.2) is 0 Å².